The second-order valence-corrected chi connectivity index (χ2v) is 2.95. The third-order valence-electron chi connectivity index (χ3n) is 1.69. The zero-order valence-corrected chi connectivity index (χ0v) is 8.62. The van der Waals surface area contributed by atoms with Gasteiger partial charge in [0.15, 0.2) is 0 Å². The Bertz CT molecular complexity index is 289. The van der Waals surface area contributed by atoms with Crippen molar-refractivity contribution in [3.8, 4) is 5.88 Å². The van der Waals surface area contributed by atoms with Crippen LogP contribution in [-0.2, 0) is 4.74 Å². The molecular weight excluding hydrogens is 180 g/mol. The Morgan fingerprint density at radius 1 is 1.43 bits per heavy atom. The van der Waals surface area contributed by atoms with Crippen molar-refractivity contribution >= 4 is 5.69 Å². The fourth-order valence-corrected chi connectivity index (χ4v) is 1.04. The first-order chi connectivity index (χ1) is 6.74. The number of nitrogens with two attached hydrogens (primary N) is 1. The number of rotatable bonds is 5. The highest BCUT2D eigenvalue weighted by atomic mass is 16.5. The van der Waals surface area contributed by atoms with E-state index in [4.69, 9.17) is 15.2 Å². The minimum Gasteiger partial charge on any atom is -0.474 e. The standard InChI is InChI=1S/C10H16N2O2/c1-3-13-4-5-14-10-9(11)6-8(2)7-12-10/h6-7H,3-5,11H2,1-2H3. The second kappa shape index (κ2) is 5.44. The van der Waals surface area contributed by atoms with E-state index >= 15 is 0 Å². The predicted molar refractivity (Wildman–Crippen MR) is 55.4 cm³/mol. The predicted octanol–water partition coefficient (Wildman–Crippen LogP) is 1.39. The summed E-state index contributed by atoms with van der Waals surface area (Å²) in [5.74, 6) is 0.482. The van der Waals surface area contributed by atoms with Crippen LogP contribution in [0.5, 0.6) is 5.88 Å². The third-order valence-corrected chi connectivity index (χ3v) is 1.69. The fraction of sp³-hybridized carbons (Fsp3) is 0.500. The first-order valence-electron chi connectivity index (χ1n) is 4.66. The molecule has 4 heteroatoms. The summed E-state index contributed by atoms with van der Waals surface area (Å²) in [5, 5.41) is 0. The first kappa shape index (κ1) is 10.8. The molecule has 0 saturated heterocycles. The van der Waals surface area contributed by atoms with Gasteiger partial charge in [-0.05, 0) is 25.5 Å². The van der Waals surface area contributed by atoms with Gasteiger partial charge in [-0.15, -0.1) is 0 Å². The van der Waals surface area contributed by atoms with Crippen LogP contribution in [0.3, 0.4) is 0 Å². The highest BCUT2D eigenvalue weighted by Crippen LogP contribution is 2.17. The Balaban J connectivity index is 2.42. The lowest BCUT2D eigenvalue weighted by atomic mass is 10.3. The molecule has 0 spiro atoms. The van der Waals surface area contributed by atoms with E-state index in [1.807, 2.05) is 19.9 Å². The van der Waals surface area contributed by atoms with Crippen molar-refractivity contribution in [3.05, 3.63) is 17.8 Å². The van der Waals surface area contributed by atoms with Gasteiger partial charge in [-0.25, -0.2) is 4.98 Å². The van der Waals surface area contributed by atoms with Crippen molar-refractivity contribution in [1.82, 2.24) is 4.98 Å². The summed E-state index contributed by atoms with van der Waals surface area (Å²) in [6, 6.07) is 1.84. The topological polar surface area (TPSA) is 57.4 Å². The van der Waals surface area contributed by atoms with Crippen molar-refractivity contribution in [2.45, 2.75) is 13.8 Å². The molecule has 0 aliphatic rings. The molecule has 0 fully saturated rings. The molecule has 0 aliphatic carbocycles. The quantitative estimate of drug-likeness (QED) is 0.723. The van der Waals surface area contributed by atoms with Crippen molar-refractivity contribution < 1.29 is 9.47 Å². The van der Waals surface area contributed by atoms with Crippen LogP contribution < -0.4 is 10.5 Å². The molecular formula is C10H16N2O2. The van der Waals surface area contributed by atoms with Gasteiger partial charge >= 0.3 is 0 Å². The molecule has 0 aliphatic heterocycles. The van der Waals surface area contributed by atoms with Crippen molar-refractivity contribution in [1.29, 1.82) is 0 Å². The van der Waals surface area contributed by atoms with Crippen LogP contribution in [0.25, 0.3) is 0 Å². The largest absolute Gasteiger partial charge is 0.474 e. The summed E-state index contributed by atoms with van der Waals surface area (Å²) < 4.78 is 10.5. The number of nitrogen functional groups attached to an aromatic ring is 1. The van der Waals surface area contributed by atoms with Gasteiger partial charge in [0.2, 0.25) is 5.88 Å². The Hall–Kier alpha value is -1.29. The van der Waals surface area contributed by atoms with E-state index in [0.29, 0.717) is 31.4 Å². The number of ether oxygens (including phenoxy) is 2. The highest BCUT2D eigenvalue weighted by molar-refractivity contribution is 5.49. The van der Waals surface area contributed by atoms with Gasteiger partial charge < -0.3 is 15.2 Å². The summed E-state index contributed by atoms with van der Waals surface area (Å²) in [6.07, 6.45) is 1.73. The Kier molecular flexibility index (Phi) is 4.19. The first-order valence-corrected chi connectivity index (χ1v) is 4.66. The molecule has 1 aromatic heterocycles. The van der Waals surface area contributed by atoms with Gasteiger partial charge in [-0.3, -0.25) is 0 Å². The molecule has 0 radical (unpaired) electrons. The molecule has 0 aromatic carbocycles. The maximum absolute atomic E-state index is 5.71. The SMILES string of the molecule is CCOCCOc1ncc(C)cc1N. The lowest BCUT2D eigenvalue weighted by Crippen LogP contribution is -2.08. The van der Waals surface area contributed by atoms with E-state index in [9.17, 15) is 0 Å². The summed E-state index contributed by atoms with van der Waals surface area (Å²) in [7, 11) is 0. The molecule has 0 atom stereocenters. The maximum atomic E-state index is 5.71. The molecule has 0 amide bonds. The number of aryl methyl sites for hydroxylation is 1. The zero-order chi connectivity index (χ0) is 10.4. The van der Waals surface area contributed by atoms with E-state index < -0.39 is 0 Å². The van der Waals surface area contributed by atoms with Crippen LogP contribution >= 0.6 is 0 Å². The number of hydrogen-bond acceptors (Lipinski definition) is 4. The highest BCUT2D eigenvalue weighted by Gasteiger charge is 2.01. The van der Waals surface area contributed by atoms with Crippen molar-refractivity contribution in [2.75, 3.05) is 25.6 Å². The molecule has 1 rings (SSSR count). The molecule has 78 valence electrons. The smallest absolute Gasteiger partial charge is 0.237 e. The van der Waals surface area contributed by atoms with E-state index in [1.54, 1.807) is 6.20 Å². The summed E-state index contributed by atoms with van der Waals surface area (Å²) in [4.78, 5) is 4.07. The lowest BCUT2D eigenvalue weighted by molar-refractivity contribution is 0.109. The average Bonchev–Trinajstić information content (AvgIpc) is 2.15. The molecule has 14 heavy (non-hydrogen) atoms. The molecule has 4 nitrogen and oxygen atoms in total. The van der Waals surface area contributed by atoms with E-state index in [1.165, 1.54) is 0 Å². The number of aromatic nitrogens is 1. The Labute approximate surface area is 84.0 Å². The summed E-state index contributed by atoms with van der Waals surface area (Å²) in [6.45, 7) is 5.62. The van der Waals surface area contributed by atoms with Crippen LogP contribution in [0.15, 0.2) is 12.3 Å². The van der Waals surface area contributed by atoms with Gasteiger partial charge in [-0.1, -0.05) is 0 Å². The van der Waals surface area contributed by atoms with Gasteiger partial charge in [0.05, 0.1) is 12.3 Å². The van der Waals surface area contributed by atoms with Gasteiger partial charge in [0.1, 0.15) is 6.61 Å². The van der Waals surface area contributed by atoms with Crippen LogP contribution in [0, 0.1) is 6.92 Å². The Morgan fingerprint density at radius 3 is 2.86 bits per heavy atom. The van der Waals surface area contributed by atoms with Crippen LogP contribution in [0.4, 0.5) is 5.69 Å². The van der Waals surface area contributed by atoms with E-state index in [0.717, 1.165) is 5.56 Å². The van der Waals surface area contributed by atoms with Crippen LogP contribution in [0.2, 0.25) is 0 Å². The van der Waals surface area contributed by atoms with Gasteiger partial charge in [-0.2, -0.15) is 0 Å². The lowest BCUT2D eigenvalue weighted by Gasteiger charge is -2.07. The molecule has 1 heterocycles. The molecule has 1 aromatic rings. The number of anilines is 1. The van der Waals surface area contributed by atoms with E-state index in [2.05, 4.69) is 4.98 Å². The molecule has 0 unspecified atom stereocenters. The maximum Gasteiger partial charge on any atom is 0.237 e. The van der Waals surface area contributed by atoms with Crippen molar-refractivity contribution in [3.63, 3.8) is 0 Å². The van der Waals surface area contributed by atoms with E-state index in [-0.39, 0.29) is 0 Å². The number of nitrogens with zero attached hydrogens (tertiary/aromatic N) is 1. The second-order valence-electron chi connectivity index (χ2n) is 2.95. The zero-order valence-electron chi connectivity index (χ0n) is 8.62. The molecule has 0 saturated carbocycles. The van der Waals surface area contributed by atoms with Gasteiger partial charge in [0, 0.05) is 12.8 Å². The Morgan fingerprint density at radius 2 is 2.21 bits per heavy atom. The van der Waals surface area contributed by atoms with Gasteiger partial charge in [0.25, 0.3) is 0 Å². The molecule has 0 bridgehead atoms. The third kappa shape index (κ3) is 3.22. The van der Waals surface area contributed by atoms with Crippen molar-refractivity contribution in [2.24, 2.45) is 0 Å². The normalized spacial score (nSPS) is 10.1. The minimum absolute atomic E-state index is 0.480. The molecule has 2 N–H and O–H groups in total. The average molecular weight is 196 g/mol. The monoisotopic (exact) mass is 196 g/mol. The summed E-state index contributed by atoms with van der Waals surface area (Å²) in [5.41, 5.74) is 7.31. The van der Waals surface area contributed by atoms with Crippen LogP contribution in [0.1, 0.15) is 12.5 Å². The van der Waals surface area contributed by atoms with Crippen LogP contribution in [-0.4, -0.2) is 24.8 Å². The number of hydrogen-bond donors (Lipinski definition) is 1. The minimum atomic E-state index is 0.480. The number of pyridine rings is 1. The fourth-order valence-electron chi connectivity index (χ4n) is 1.04. The summed E-state index contributed by atoms with van der Waals surface area (Å²) >= 11 is 0.